The van der Waals surface area contributed by atoms with E-state index >= 15 is 0 Å². The Morgan fingerprint density at radius 2 is 1.45 bits per heavy atom. The molecule has 2 aromatic rings. The third-order valence-electron chi connectivity index (χ3n) is 5.59. The maximum atomic E-state index is 13.0. The molecule has 2 aromatic carbocycles. The lowest BCUT2D eigenvalue weighted by molar-refractivity contribution is -0.124. The van der Waals surface area contributed by atoms with E-state index in [1.807, 2.05) is 6.92 Å². The number of rotatable bonds is 8. The van der Waals surface area contributed by atoms with E-state index in [2.05, 4.69) is 51.6 Å². The molecule has 2 amide bonds. The van der Waals surface area contributed by atoms with E-state index in [0.29, 0.717) is 12.2 Å². The van der Waals surface area contributed by atoms with Crippen LogP contribution in [0.3, 0.4) is 0 Å². The van der Waals surface area contributed by atoms with Gasteiger partial charge >= 0.3 is 0 Å². The van der Waals surface area contributed by atoms with Crippen LogP contribution in [0.1, 0.15) is 31.0 Å². The van der Waals surface area contributed by atoms with E-state index in [1.54, 1.807) is 12.1 Å². The minimum absolute atomic E-state index is 0.00886. The number of halogens is 1. The van der Waals surface area contributed by atoms with Gasteiger partial charge in [0.15, 0.2) is 0 Å². The van der Waals surface area contributed by atoms with Gasteiger partial charge in [0.25, 0.3) is 0 Å². The van der Waals surface area contributed by atoms with Gasteiger partial charge in [0.05, 0.1) is 19.1 Å². The van der Waals surface area contributed by atoms with Gasteiger partial charge in [0.1, 0.15) is 5.82 Å². The zero-order valence-electron chi connectivity index (χ0n) is 18.2. The van der Waals surface area contributed by atoms with Crippen LogP contribution in [0.25, 0.3) is 0 Å². The number of nitrogens with one attached hydrogen (secondary N) is 2. The fourth-order valence-corrected chi connectivity index (χ4v) is 3.66. The molecule has 0 aliphatic carbocycles. The van der Waals surface area contributed by atoms with E-state index in [0.717, 1.165) is 38.2 Å². The van der Waals surface area contributed by atoms with Gasteiger partial charge in [-0.2, -0.15) is 0 Å². The van der Waals surface area contributed by atoms with Crippen LogP contribution in [0.15, 0.2) is 48.5 Å². The highest BCUT2D eigenvalue weighted by atomic mass is 19.1. The molecule has 1 fully saturated rings. The quantitative estimate of drug-likeness (QED) is 0.681. The Morgan fingerprint density at radius 3 is 2.00 bits per heavy atom. The lowest BCUT2D eigenvalue weighted by atomic mass is 10.1. The summed E-state index contributed by atoms with van der Waals surface area (Å²) >= 11 is 0. The SMILES string of the molecule is CCc1ccc([C@H](C)NC(=O)CN2CCN(CC(=O)Nc3ccc(F)cc3)CC2)cc1. The number of hydrogen-bond acceptors (Lipinski definition) is 4. The molecule has 7 heteroatoms. The van der Waals surface area contributed by atoms with Crippen LogP contribution in [0.4, 0.5) is 10.1 Å². The monoisotopic (exact) mass is 426 g/mol. The molecule has 2 N–H and O–H groups in total. The molecule has 1 aliphatic heterocycles. The molecule has 0 radical (unpaired) electrons. The second-order valence-electron chi connectivity index (χ2n) is 7.99. The second-order valence-corrected chi connectivity index (χ2v) is 7.99. The van der Waals surface area contributed by atoms with E-state index in [4.69, 9.17) is 0 Å². The molecule has 1 saturated heterocycles. The number of nitrogens with zero attached hydrogens (tertiary/aromatic N) is 2. The zero-order valence-corrected chi connectivity index (χ0v) is 18.2. The van der Waals surface area contributed by atoms with Gasteiger partial charge in [-0.3, -0.25) is 19.4 Å². The van der Waals surface area contributed by atoms with Crippen molar-refractivity contribution in [1.82, 2.24) is 15.1 Å². The summed E-state index contributed by atoms with van der Waals surface area (Å²) < 4.78 is 13.0. The second kappa shape index (κ2) is 11.0. The summed E-state index contributed by atoms with van der Waals surface area (Å²) in [6, 6.07) is 14.0. The van der Waals surface area contributed by atoms with Crippen LogP contribution in [-0.2, 0) is 16.0 Å². The lowest BCUT2D eigenvalue weighted by Crippen LogP contribution is -2.51. The summed E-state index contributed by atoms with van der Waals surface area (Å²) in [5, 5.41) is 5.85. The first kappa shape index (κ1) is 22.9. The van der Waals surface area contributed by atoms with Crippen LogP contribution in [0, 0.1) is 5.82 Å². The Bertz CT molecular complexity index is 862. The Kier molecular flexibility index (Phi) is 8.14. The molecule has 1 atom stereocenters. The highest BCUT2D eigenvalue weighted by Crippen LogP contribution is 2.14. The normalized spacial score (nSPS) is 16.0. The van der Waals surface area contributed by atoms with Crippen molar-refractivity contribution < 1.29 is 14.0 Å². The molecule has 31 heavy (non-hydrogen) atoms. The van der Waals surface area contributed by atoms with E-state index in [-0.39, 0.29) is 30.2 Å². The largest absolute Gasteiger partial charge is 0.348 e. The molecular formula is C24H31FN4O2. The van der Waals surface area contributed by atoms with Crippen molar-refractivity contribution in [1.29, 1.82) is 0 Å². The maximum Gasteiger partial charge on any atom is 0.238 e. The van der Waals surface area contributed by atoms with Gasteiger partial charge < -0.3 is 10.6 Å². The number of piperazine rings is 1. The molecule has 1 aliphatic rings. The van der Waals surface area contributed by atoms with Crippen molar-refractivity contribution in [2.24, 2.45) is 0 Å². The number of carbonyl (C=O) groups excluding carboxylic acids is 2. The number of aryl methyl sites for hydroxylation is 1. The fourth-order valence-electron chi connectivity index (χ4n) is 3.66. The molecule has 6 nitrogen and oxygen atoms in total. The first-order valence-electron chi connectivity index (χ1n) is 10.8. The van der Waals surface area contributed by atoms with Crippen LogP contribution in [0.2, 0.25) is 0 Å². The van der Waals surface area contributed by atoms with Crippen LogP contribution in [0.5, 0.6) is 0 Å². The molecule has 0 bridgehead atoms. The predicted octanol–water partition coefficient (Wildman–Crippen LogP) is 2.82. The summed E-state index contributed by atoms with van der Waals surface area (Å²) in [6.45, 7) is 7.66. The molecule has 166 valence electrons. The molecule has 1 heterocycles. The van der Waals surface area contributed by atoms with Crippen LogP contribution < -0.4 is 10.6 Å². The van der Waals surface area contributed by atoms with Crippen molar-refractivity contribution in [3.63, 3.8) is 0 Å². The first-order valence-corrected chi connectivity index (χ1v) is 10.8. The standard InChI is InChI=1S/C24H31FN4O2/c1-3-19-4-6-20(7-5-19)18(2)26-23(30)16-28-12-14-29(15-13-28)17-24(31)27-22-10-8-21(25)9-11-22/h4-11,18H,3,12-17H2,1-2H3,(H,26,30)(H,27,31)/t18-/m0/s1. The van der Waals surface area contributed by atoms with E-state index in [9.17, 15) is 14.0 Å². The summed E-state index contributed by atoms with van der Waals surface area (Å²) in [6.07, 6.45) is 1.00. The average molecular weight is 427 g/mol. The molecule has 0 aromatic heterocycles. The molecule has 3 rings (SSSR count). The number of carbonyl (C=O) groups is 2. The molecular weight excluding hydrogens is 395 g/mol. The third kappa shape index (κ3) is 7.15. The summed E-state index contributed by atoms with van der Waals surface area (Å²) in [5.74, 6) is -0.447. The Morgan fingerprint density at radius 1 is 0.903 bits per heavy atom. The van der Waals surface area contributed by atoms with Crippen molar-refractivity contribution in [2.75, 3.05) is 44.6 Å². The smallest absolute Gasteiger partial charge is 0.238 e. The zero-order chi connectivity index (χ0) is 22.2. The minimum Gasteiger partial charge on any atom is -0.348 e. The highest BCUT2D eigenvalue weighted by molar-refractivity contribution is 5.92. The van der Waals surface area contributed by atoms with Gasteiger partial charge in [-0.25, -0.2) is 4.39 Å². The van der Waals surface area contributed by atoms with E-state index < -0.39 is 0 Å². The Balaban J connectivity index is 1.37. The third-order valence-corrected chi connectivity index (χ3v) is 5.59. The van der Waals surface area contributed by atoms with Crippen molar-refractivity contribution >= 4 is 17.5 Å². The number of benzene rings is 2. The summed E-state index contributed by atoms with van der Waals surface area (Å²) in [7, 11) is 0. The summed E-state index contributed by atoms with van der Waals surface area (Å²) in [5.41, 5.74) is 2.97. The van der Waals surface area contributed by atoms with Gasteiger partial charge in [-0.05, 0) is 48.7 Å². The van der Waals surface area contributed by atoms with Gasteiger partial charge in [0, 0.05) is 31.9 Å². The Hall–Kier alpha value is -2.77. The summed E-state index contributed by atoms with van der Waals surface area (Å²) in [4.78, 5) is 28.8. The lowest BCUT2D eigenvalue weighted by Gasteiger charge is -2.34. The van der Waals surface area contributed by atoms with Gasteiger partial charge in [-0.1, -0.05) is 31.2 Å². The topological polar surface area (TPSA) is 64.7 Å². The predicted molar refractivity (Wildman–Crippen MR) is 120 cm³/mol. The van der Waals surface area contributed by atoms with Crippen molar-refractivity contribution in [3.05, 3.63) is 65.5 Å². The molecule has 0 unspecified atom stereocenters. The highest BCUT2D eigenvalue weighted by Gasteiger charge is 2.21. The minimum atomic E-state index is -0.332. The Labute approximate surface area is 183 Å². The fraction of sp³-hybridized carbons (Fsp3) is 0.417. The molecule has 0 saturated carbocycles. The van der Waals surface area contributed by atoms with Crippen LogP contribution in [-0.4, -0.2) is 60.9 Å². The van der Waals surface area contributed by atoms with Crippen LogP contribution >= 0.6 is 0 Å². The van der Waals surface area contributed by atoms with Crippen molar-refractivity contribution in [2.45, 2.75) is 26.3 Å². The van der Waals surface area contributed by atoms with Gasteiger partial charge in [0.2, 0.25) is 11.8 Å². The van der Waals surface area contributed by atoms with E-state index in [1.165, 1.54) is 17.7 Å². The average Bonchev–Trinajstić information content (AvgIpc) is 2.76. The first-order chi connectivity index (χ1) is 14.9. The number of amides is 2. The van der Waals surface area contributed by atoms with Gasteiger partial charge in [-0.15, -0.1) is 0 Å². The molecule has 0 spiro atoms. The number of anilines is 1. The maximum absolute atomic E-state index is 13.0. The number of hydrogen-bond donors (Lipinski definition) is 2. The van der Waals surface area contributed by atoms with Crippen molar-refractivity contribution in [3.8, 4) is 0 Å².